The number of carboxylic acid groups (broad SMARTS) is 1. The summed E-state index contributed by atoms with van der Waals surface area (Å²) in [4.78, 5) is 10.8. The Morgan fingerprint density at radius 2 is 1.95 bits per heavy atom. The lowest BCUT2D eigenvalue weighted by Crippen LogP contribution is -2.50. The normalized spacial score (nSPS) is 16.4. The van der Waals surface area contributed by atoms with Crippen molar-refractivity contribution in [3.8, 4) is 5.75 Å². The first-order valence-electron chi connectivity index (χ1n) is 6.88. The quantitative estimate of drug-likeness (QED) is 0.826. The van der Waals surface area contributed by atoms with Gasteiger partial charge in [0.1, 0.15) is 5.75 Å². The summed E-state index contributed by atoms with van der Waals surface area (Å²) in [5, 5.41) is 8.67. The fourth-order valence-electron chi connectivity index (χ4n) is 2.17. The summed E-state index contributed by atoms with van der Waals surface area (Å²) < 4.78 is 31.3. The highest BCUT2D eigenvalue weighted by atomic mass is 32.2. The predicted octanol–water partition coefficient (Wildman–Crippen LogP) is 1.57. The highest BCUT2D eigenvalue weighted by molar-refractivity contribution is 7.89. The van der Waals surface area contributed by atoms with Crippen LogP contribution in [-0.2, 0) is 14.8 Å². The van der Waals surface area contributed by atoms with Crippen LogP contribution in [0.1, 0.15) is 19.8 Å². The minimum absolute atomic E-state index is 0.00974. The largest absolute Gasteiger partial charge is 0.494 e. The van der Waals surface area contributed by atoms with Crippen LogP contribution in [0.4, 0.5) is 0 Å². The lowest BCUT2D eigenvalue weighted by molar-refractivity contribution is -0.139. The number of benzene rings is 1. The maximum absolute atomic E-state index is 12.3. The average Bonchev–Trinajstić information content (AvgIpc) is 2.40. The Morgan fingerprint density at radius 3 is 2.48 bits per heavy atom. The number of carboxylic acids is 1. The Labute approximate surface area is 124 Å². The minimum atomic E-state index is -3.52. The summed E-state index contributed by atoms with van der Waals surface area (Å²) >= 11 is 0. The van der Waals surface area contributed by atoms with E-state index < -0.39 is 16.0 Å². The molecule has 0 unspecified atom stereocenters. The molecule has 1 N–H and O–H groups in total. The Balaban J connectivity index is 1.99. The summed E-state index contributed by atoms with van der Waals surface area (Å²) in [6.07, 6.45) is 0.897. The van der Waals surface area contributed by atoms with Crippen molar-refractivity contribution < 1.29 is 23.1 Å². The Kier molecular flexibility index (Phi) is 4.84. The number of nitrogens with zero attached hydrogens (tertiary/aromatic N) is 1. The zero-order chi connectivity index (χ0) is 15.5. The Bertz CT molecular complexity index is 590. The second kappa shape index (κ2) is 6.44. The van der Waals surface area contributed by atoms with Gasteiger partial charge in [0.15, 0.2) is 0 Å². The Morgan fingerprint density at radius 1 is 1.33 bits per heavy atom. The molecule has 21 heavy (non-hydrogen) atoms. The van der Waals surface area contributed by atoms with Gasteiger partial charge in [0, 0.05) is 13.1 Å². The van der Waals surface area contributed by atoms with E-state index in [0.717, 1.165) is 6.42 Å². The molecule has 1 heterocycles. The van der Waals surface area contributed by atoms with Crippen LogP contribution in [-0.4, -0.2) is 43.5 Å². The molecule has 0 atom stereocenters. The van der Waals surface area contributed by atoms with Gasteiger partial charge in [-0.2, -0.15) is 4.31 Å². The molecular formula is C14H19NO5S. The van der Waals surface area contributed by atoms with E-state index in [1.807, 2.05) is 6.92 Å². The van der Waals surface area contributed by atoms with Gasteiger partial charge in [-0.15, -0.1) is 0 Å². The first-order chi connectivity index (χ1) is 9.93. The third-order valence-electron chi connectivity index (χ3n) is 3.32. The maximum atomic E-state index is 12.3. The van der Waals surface area contributed by atoms with Crippen molar-refractivity contribution >= 4 is 16.0 Å². The number of ether oxygens (including phenoxy) is 1. The SMILES string of the molecule is CCCOc1ccc(S(=O)(=O)N2CC(CC(=O)O)C2)cc1. The van der Waals surface area contributed by atoms with Crippen LogP contribution in [0.2, 0.25) is 0 Å². The van der Waals surface area contributed by atoms with Gasteiger partial charge in [-0.3, -0.25) is 4.79 Å². The molecule has 1 fully saturated rings. The number of aliphatic carboxylic acids is 1. The van der Waals surface area contributed by atoms with Crippen LogP contribution in [0, 0.1) is 5.92 Å². The second-order valence-corrected chi connectivity index (χ2v) is 7.04. The molecule has 0 amide bonds. The van der Waals surface area contributed by atoms with E-state index in [4.69, 9.17) is 9.84 Å². The van der Waals surface area contributed by atoms with E-state index in [9.17, 15) is 13.2 Å². The number of hydrogen-bond donors (Lipinski definition) is 1. The molecule has 2 rings (SSSR count). The molecule has 1 aromatic carbocycles. The summed E-state index contributed by atoms with van der Waals surface area (Å²) in [6.45, 7) is 3.12. The van der Waals surface area contributed by atoms with Crippen molar-refractivity contribution in [1.29, 1.82) is 0 Å². The monoisotopic (exact) mass is 313 g/mol. The third-order valence-corrected chi connectivity index (χ3v) is 5.17. The lowest BCUT2D eigenvalue weighted by Gasteiger charge is -2.37. The van der Waals surface area contributed by atoms with Crippen LogP contribution < -0.4 is 4.74 Å². The van der Waals surface area contributed by atoms with Gasteiger partial charge in [0.05, 0.1) is 17.9 Å². The second-order valence-electron chi connectivity index (χ2n) is 5.11. The van der Waals surface area contributed by atoms with Crippen LogP contribution in [0.15, 0.2) is 29.2 Å². The summed E-state index contributed by atoms with van der Waals surface area (Å²) in [5.74, 6) is -0.345. The molecule has 0 spiro atoms. The highest BCUT2D eigenvalue weighted by Crippen LogP contribution is 2.27. The molecule has 0 bridgehead atoms. The van der Waals surface area contributed by atoms with Crippen molar-refractivity contribution in [1.82, 2.24) is 4.31 Å². The van der Waals surface area contributed by atoms with Crippen LogP contribution in [0.5, 0.6) is 5.75 Å². The van der Waals surface area contributed by atoms with Crippen LogP contribution in [0.3, 0.4) is 0 Å². The molecule has 1 saturated heterocycles. The molecule has 6 nitrogen and oxygen atoms in total. The van der Waals surface area contributed by atoms with Gasteiger partial charge in [0.25, 0.3) is 0 Å². The fraction of sp³-hybridized carbons (Fsp3) is 0.500. The standard InChI is InChI=1S/C14H19NO5S/c1-2-7-20-12-3-5-13(6-4-12)21(18,19)15-9-11(10-15)8-14(16)17/h3-6,11H,2,7-10H2,1H3,(H,16,17). The van der Waals surface area contributed by atoms with Gasteiger partial charge in [-0.25, -0.2) is 8.42 Å². The van der Waals surface area contributed by atoms with Crippen LogP contribution in [0.25, 0.3) is 0 Å². The topological polar surface area (TPSA) is 83.9 Å². The van der Waals surface area contributed by atoms with E-state index >= 15 is 0 Å². The molecule has 0 aromatic heterocycles. The summed E-state index contributed by atoms with van der Waals surface area (Å²) in [5.41, 5.74) is 0. The van der Waals surface area contributed by atoms with Gasteiger partial charge < -0.3 is 9.84 Å². The van der Waals surface area contributed by atoms with Crippen molar-refractivity contribution in [3.63, 3.8) is 0 Å². The first-order valence-corrected chi connectivity index (χ1v) is 8.32. The summed E-state index contributed by atoms with van der Waals surface area (Å²) in [7, 11) is -3.52. The summed E-state index contributed by atoms with van der Waals surface area (Å²) in [6, 6.07) is 6.31. The van der Waals surface area contributed by atoms with Crippen molar-refractivity contribution in [2.45, 2.75) is 24.7 Å². The predicted molar refractivity (Wildman–Crippen MR) is 76.7 cm³/mol. The lowest BCUT2D eigenvalue weighted by atomic mass is 10.00. The van der Waals surface area contributed by atoms with Crippen molar-refractivity contribution in [3.05, 3.63) is 24.3 Å². The molecule has 1 aromatic rings. The Hall–Kier alpha value is -1.60. The van der Waals surface area contributed by atoms with Gasteiger partial charge in [0.2, 0.25) is 10.0 Å². The van der Waals surface area contributed by atoms with E-state index in [2.05, 4.69) is 0 Å². The van der Waals surface area contributed by atoms with E-state index in [1.54, 1.807) is 12.1 Å². The van der Waals surface area contributed by atoms with Crippen molar-refractivity contribution in [2.24, 2.45) is 5.92 Å². The van der Waals surface area contributed by atoms with Crippen LogP contribution >= 0.6 is 0 Å². The van der Waals surface area contributed by atoms with Gasteiger partial charge in [-0.1, -0.05) is 6.92 Å². The number of sulfonamides is 1. The first kappa shape index (κ1) is 15.8. The number of rotatable bonds is 7. The van der Waals surface area contributed by atoms with E-state index in [1.165, 1.54) is 16.4 Å². The molecule has 1 aliphatic heterocycles. The minimum Gasteiger partial charge on any atom is -0.494 e. The molecule has 0 aliphatic carbocycles. The molecular weight excluding hydrogens is 294 g/mol. The maximum Gasteiger partial charge on any atom is 0.303 e. The molecule has 0 saturated carbocycles. The van der Waals surface area contributed by atoms with E-state index in [-0.39, 0.29) is 30.3 Å². The fourth-order valence-corrected chi connectivity index (χ4v) is 3.76. The van der Waals surface area contributed by atoms with E-state index in [0.29, 0.717) is 12.4 Å². The van der Waals surface area contributed by atoms with Gasteiger partial charge in [-0.05, 0) is 36.6 Å². The zero-order valence-electron chi connectivity index (χ0n) is 11.9. The molecule has 0 radical (unpaired) electrons. The molecule has 7 heteroatoms. The number of carbonyl (C=O) groups is 1. The van der Waals surface area contributed by atoms with Crippen molar-refractivity contribution in [2.75, 3.05) is 19.7 Å². The average molecular weight is 313 g/mol. The zero-order valence-corrected chi connectivity index (χ0v) is 12.7. The highest BCUT2D eigenvalue weighted by Gasteiger charge is 2.37. The smallest absolute Gasteiger partial charge is 0.303 e. The number of hydrogen-bond acceptors (Lipinski definition) is 4. The third kappa shape index (κ3) is 3.74. The molecule has 116 valence electrons. The van der Waals surface area contributed by atoms with Gasteiger partial charge >= 0.3 is 5.97 Å². The molecule has 1 aliphatic rings.